The molecule has 0 atom stereocenters. The van der Waals surface area contributed by atoms with Gasteiger partial charge in [0, 0.05) is 12.6 Å². The fraction of sp³-hybridized carbons (Fsp3) is 0.154. The SMILES string of the molecule is COc1ccc2c(c1)c(=O)n(CCn1c(=O)[nH]c3ccccc3c1=O)n2S(=O)(=O)c1ccc(NC(C)=O)cc1. The molecule has 0 saturated carbocycles. The number of carbonyl (C=O) groups is 1. The van der Waals surface area contributed by atoms with Crippen LogP contribution in [0.15, 0.2) is 86.0 Å². The fourth-order valence-electron chi connectivity index (χ4n) is 4.39. The van der Waals surface area contributed by atoms with E-state index in [2.05, 4.69) is 10.3 Å². The van der Waals surface area contributed by atoms with Gasteiger partial charge in [-0.05, 0) is 54.6 Å². The van der Waals surface area contributed by atoms with Crippen LogP contribution in [0.25, 0.3) is 21.8 Å². The number of benzene rings is 3. The van der Waals surface area contributed by atoms with Gasteiger partial charge in [0.25, 0.3) is 21.1 Å². The summed E-state index contributed by atoms with van der Waals surface area (Å²) < 4.78 is 35.6. The van der Waals surface area contributed by atoms with Gasteiger partial charge in [-0.15, -0.1) is 0 Å². The largest absolute Gasteiger partial charge is 0.497 e. The van der Waals surface area contributed by atoms with E-state index < -0.39 is 26.8 Å². The van der Waals surface area contributed by atoms with Gasteiger partial charge in [-0.2, -0.15) is 12.5 Å². The number of hydrogen-bond acceptors (Lipinski definition) is 7. The van der Waals surface area contributed by atoms with Gasteiger partial charge in [-0.3, -0.25) is 19.0 Å². The highest BCUT2D eigenvalue weighted by Crippen LogP contribution is 2.24. The van der Waals surface area contributed by atoms with Gasteiger partial charge in [-0.25, -0.2) is 9.48 Å². The minimum atomic E-state index is -4.35. The zero-order valence-corrected chi connectivity index (χ0v) is 21.7. The lowest BCUT2D eigenvalue weighted by molar-refractivity contribution is -0.114. The number of nitrogens with zero attached hydrogens (tertiary/aromatic N) is 3. The van der Waals surface area contributed by atoms with Crippen molar-refractivity contribution in [2.24, 2.45) is 0 Å². The second-order valence-corrected chi connectivity index (χ2v) is 10.5. The molecule has 2 aromatic heterocycles. The molecule has 0 spiro atoms. The van der Waals surface area contributed by atoms with Crippen molar-refractivity contribution in [3.63, 3.8) is 0 Å². The van der Waals surface area contributed by atoms with E-state index in [-0.39, 0.29) is 40.2 Å². The average molecular weight is 550 g/mol. The molecule has 0 fully saturated rings. The molecule has 0 saturated heterocycles. The molecule has 0 aliphatic carbocycles. The third kappa shape index (κ3) is 4.52. The molecule has 2 heterocycles. The van der Waals surface area contributed by atoms with Crippen LogP contribution in [0.3, 0.4) is 0 Å². The monoisotopic (exact) mass is 549 g/mol. The zero-order chi connectivity index (χ0) is 27.9. The molecule has 5 rings (SSSR count). The summed E-state index contributed by atoms with van der Waals surface area (Å²) in [5.41, 5.74) is -1.04. The maximum absolute atomic E-state index is 13.8. The van der Waals surface area contributed by atoms with Gasteiger partial charge in [0.15, 0.2) is 0 Å². The zero-order valence-electron chi connectivity index (χ0n) is 20.9. The summed E-state index contributed by atoms with van der Waals surface area (Å²) in [6.45, 7) is 0.749. The molecule has 5 aromatic rings. The van der Waals surface area contributed by atoms with Crippen molar-refractivity contribution in [2.45, 2.75) is 24.9 Å². The van der Waals surface area contributed by atoms with Crippen LogP contribution in [0.2, 0.25) is 0 Å². The third-order valence-electron chi connectivity index (χ3n) is 6.22. The molecular weight excluding hydrogens is 526 g/mol. The van der Waals surface area contributed by atoms with Gasteiger partial charge in [0.2, 0.25) is 5.91 Å². The number of carbonyl (C=O) groups excluding carboxylic acids is 1. The Morgan fingerprint density at radius 3 is 2.33 bits per heavy atom. The Labute approximate surface area is 220 Å². The molecular formula is C26H23N5O7S. The number of rotatable bonds is 7. The first-order valence-corrected chi connectivity index (χ1v) is 13.2. The molecule has 39 heavy (non-hydrogen) atoms. The standard InChI is InChI=1S/C26H23N5O7S/c1-16(32)27-17-7-10-19(11-8-17)39(36,37)31-23-12-9-18(38-2)15-21(23)25(34)30(31)14-13-29-24(33)20-5-3-4-6-22(20)28-26(29)35/h3-12,15H,13-14H2,1-2H3,(H,27,32)(H,28,35). The first-order chi connectivity index (χ1) is 18.6. The van der Waals surface area contributed by atoms with Crippen LogP contribution in [0.1, 0.15) is 6.92 Å². The second-order valence-electron chi connectivity index (χ2n) is 8.70. The number of hydrogen-bond donors (Lipinski definition) is 2. The number of amides is 1. The lowest BCUT2D eigenvalue weighted by atomic mass is 10.2. The molecule has 13 heteroatoms. The molecule has 0 radical (unpaired) electrons. The minimum absolute atomic E-state index is 0.0764. The van der Waals surface area contributed by atoms with Gasteiger partial charge >= 0.3 is 5.69 Å². The summed E-state index contributed by atoms with van der Waals surface area (Å²) >= 11 is 0. The Hall–Kier alpha value is -4.91. The fourth-order valence-corrected chi connectivity index (χ4v) is 5.91. The van der Waals surface area contributed by atoms with Crippen LogP contribution in [-0.2, 0) is 27.9 Å². The van der Waals surface area contributed by atoms with Gasteiger partial charge in [-0.1, -0.05) is 12.1 Å². The molecule has 200 valence electrons. The van der Waals surface area contributed by atoms with Crippen molar-refractivity contribution in [2.75, 3.05) is 12.4 Å². The molecule has 2 N–H and O–H groups in total. The van der Waals surface area contributed by atoms with Gasteiger partial charge in [0.1, 0.15) is 5.75 Å². The van der Waals surface area contributed by atoms with Crippen molar-refractivity contribution in [1.82, 2.24) is 18.3 Å². The van der Waals surface area contributed by atoms with E-state index >= 15 is 0 Å². The molecule has 0 aliphatic heterocycles. The summed E-state index contributed by atoms with van der Waals surface area (Å²) in [6, 6.07) is 16.4. The molecule has 12 nitrogen and oxygen atoms in total. The molecule has 0 aliphatic rings. The number of H-pyrrole nitrogens is 1. The van der Waals surface area contributed by atoms with Gasteiger partial charge in [0.05, 0.1) is 46.9 Å². The summed E-state index contributed by atoms with van der Waals surface area (Å²) in [6.07, 6.45) is 0. The predicted octanol–water partition coefficient (Wildman–Crippen LogP) is 1.71. The number of nitrogens with one attached hydrogen (secondary N) is 2. The first kappa shape index (κ1) is 25.7. The van der Waals surface area contributed by atoms with E-state index in [4.69, 9.17) is 4.74 Å². The molecule has 3 aromatic carbocycles. The minimum Gasteiger partial charge on any atom is -0.497 e. The van der Waals surface area contributed by atoms with Crippen LogP contribution in [0, 0.1) is 0 Å². The van der Waals surface area contributed by atoms with E-state index in [0.29, 0.717) is 17.0 Å². The Kier molecular flexibility index (Phi) is 6.44. The smallest absolute Gasteiger partial charge is 0.328 e. The van der Waals surface area contributed by atoms with Crippen molar-refractivity contribution in [3.05, 3.63) is 97.9 Å². The molecule has 1 amide bonds. The summed E-state index contributed by atoms with van der Waals surface area (Å²) in [7, 11) is -2.93. The number of fused-ring (bicyclic) bond motifs is 2. The third-order valence-corrected chi connectivity index (χ3v) is 7.94. The number of anilines is 1. The highest BCUT2D eigenvalue weighted by Gasteiger charge is 2.26. The van der Waals surface area contributed by atoms with Crippen molar-refractivity contribution in [3.8, 4) is 5.75 Å². The number of para-hydroxylation sites is 1. The van der Waals surface area contributed by atoms with Crippen molar-refractivity contribution < 1.29 is 17.9 Å². The highest BCUT2D eigenvalue weighted by molar-refractivity contribution is 7.90. The number of aromatic nitrogens is 4. The maximum atomic E-state index is 13.8. The Morgan fingerprint density at radius 1 is 0.923 bits per heavy atom. The highest BCUT2D eigenvalue weighted by atomic mass is 32.2. The van der Waals surface area contributed by atoms with Crippen LogP contribution in [0.4, 0.5) is 5.69 Å². The number of methoxy groups -OCH3 is 1. The topological polar surface area (TPSA) is 154 Å². The molecule has 0 unspecified atom stereocenters. The number of aromatic amines is 1. The Bertz CT molecular complexity index is 2030. The predicted molar refractivity (Wildman–Crippen MR) is 145 cm³/mol. The summed E-state index contributed by atoms with van der Waals surface area (Å²) in [5, 5.41) is 2.92. The second kappa shape index (κ2) is 9.76. The van der Waals surface area contributed by atoms with Crippen LogP contribution in [-0.4, -0.2) is 39.8 Å². The van der Waals surface area contributed by atoms with E-state index in [0.717, 1.165) is 13.3 Å². The van der Waals surface area contributed by atoms with Crippen LogP contribution >= 0.6 is 0 Å². The van der Waals surface area contributed by atoms with Crippen molar-refractivity contribution >= 4 is 43.4 Å². The van der Waals surface area contributed by atoms with Gasteiger partial charge < -0.3 is 15.0 Å². The number of ether oxygens (including phenoxy) is 1. The lowest BCUT2D eigenvalue weighted by Gasteiger charge is -2.15. The summed E-state index contributed by atoms with van der Waals surface area (Å²) in [5.74, 6) is 0.0341. The maximum Gasteiger partial charge on any atom is 0.328 e. The van der Waals surface area contributed by atoms with E-state index in [9.17, 15) is 27.6 Å². The normalized spacial score (nSPS) is 11.6. The Balaban J connectivity index is 1.65. The summed E-state index contributed by atoms with van der Waals surface area (Å²) in [4.78, 5) is 53.0. The Morgan fingerprint density at radius 2 is 1.64 bits per heavy atom. The van der Waals surface area contributed by atoms with E-state index in [1.54, 1.807) is 24.3 Å². The van der Waals surface area contributed by atoms with Crippen molar-refractivity contribution in [1.29, 1.82) is 0 Å². The lowest BCUT2D eigenvalue weighted by Crippen LogP contribution is -2.38. The van der Waals surface area contributed by atoms with Crippen LogP contribution in [0.5, 0.6) is 5.75 Å². The quantitative estimate of drug-likeness (QED) is 0.313. The average Bonchev–Trinajstić information content (AvgIpc) is 3.20. The molecule has 0 bridgehead atoms. The van der Waals surface area contributed by atoms with E-state index in [1.807, 2.05) is 0 Å². The van der Waals surface area contributed by atoms with E-state index in [1.165, 1.54) is 56.5 Å². The first-order valence-electron chi connectivity index (χ1n) is 11.8. The van der Waals surface area contributed by atoms with Crippen LogP contribution < -0.4 is 26.9 Å².